The first-order valence-electron chi connectivity index (χ1n) is 10.0. The molecule has 3 N–H and O–H groups in total. The molecule has 2 aliphatic rings. The Kier molecular flexibility index (Phi) is 4.28. The van der Waals surface area contributed by atoms with Crippen molar-refractivity contribution in [3.63, 3.8) is 0 Å². The fourth-order valence-electron chi connectivity index (χ4n) is 4.68. The fourth-order valence-corrected chi connectivity index (χ4v) is 4.68. The second-order valence-corrected chi connectivity index (χ2v) is 7.98. The molecule has 3 aromatic rings. The SMILES string of the molecule is Cc1cc(Nc2n[nH]c(-c3ccccc3)n2)cc(N2C[C@H]3CCN[C@H]3C2C)c1. The van der Waals surface area contributed by atoms with E-state index in [2.05, 4.69) is 62.8 Å². The van der Waals surface area contributed by atoms with Gasteiger partial charge in [0.05, 0.1) is 0 Å². The Morgan fingerprint density at radius 1 is 1.14 bits per heavy atom. The minimum atomic E-state index is 0.510. The monoisotopic (exact) mass is 374 g/mol. The van der Waals surface area contributed by atoms with Gasteiger partial charge >= 0.3 is 0 Å². The Bertz CT molecular complexity index is 966. The molecular formula is C22H26N6. The minimum absolute atomic E-state index is 0.510. The number of fused-ring (bicyclic) bond motifs is 1. The predicted molar refractivity (Wildman–Crippen MR) is 113 cm³/mol. The number of rotatable bonds is 4. The molecule has 0 amide bonds. The van der Waals surface area contributed by atoms with Crippen LogP contribution in [0.25, 0.3) is 11.4 Å². The third-order valence-electron chi connectivity index (χ3n) is 6.03. The van der Waals surface area contributed by atoms with Gasteiger partial charge in [0, 0.05) is 35.6 Å². The van der Waals surface area contributed by atoms with Crippen LogP contribution in [0.4, 0.5) is 17.3 Å². The van der Waals surface area contributed by atoms with Gasteiger partial charge in [-0.3, -0.25) is 5.10 Å². The summed E-state index contributed by atoms with van der Waals surface area (Å²) in [4.78, 5) is 7.13. The molecule has 0 aliphatic carbocycles. The molecule has 2 aromatic carbocycles. The highest BCUT2D eigenvalue weighted by molar-refractivity contribution is 5.66. The lowest BCUT2D eigenvalue weighted by atomic mass is 10.0. The van der Waals surface area contributed by atoms with E-state index in [1.807, 2.05) is 30.3 Å². The number of hydrogen-bond acceptors (Lipinski definition) is 5. The fraction of sp³-hybridized carbons (Fsp3) is 0.364. The van der Waals surface area contributed by atoms with Crippen LogP contribution in [0.1, 0.15) is 18.9 Å². The summed E-state index contributed by atoms with van der Waals surface area (Å²) >= 11 is 0. The number of anilines is 3. The highest BCUT2D eigenvalue weighted by atomic mass is 15.3. The zero-order valence-corrected chi connectivity index (χ0v) is 16.3. The highest BCUT2D eigenvalue weighted by Gasteiger charge is 2.41. The third-order valence-corrected chi connectivity index (χ3v) is 6.03. The maximum Gasteiger partial charge on any atom is 0.246 e. The van der Waals surface area contributed by atoms with E-state index in [1.165, 1.54) is 17.7 Å². The van der Waals surface area contributed by atoms with Crippen LogP contribution < -0.4 is 15.5 Å². The molecule has 2 saturated heterocycles. The molecule has 5 rings (SSSR count). The summed E-state index contributed by atoms with van der Waals surface area (Å²) in [5, 5.41) is 14.4. The van der Waals surface area contributed by atoms with Crippen LogP contribution in [0, 0.1) is 12.8 Å². The van der Waals surface area contributed by atoms with Crippen molar-refractivity contribution in [3.05, 3.63) is 54.1 Å². The molecule has 144 valence electrons. The standard InChI is InChI=1S/C22H26N6/c1-14-10-18(24-22-25-21(26-27-22)16-6-4-3-5-7-16)12-19(11-14)28-13-17-8-9-23-20(17)15(28)2/h3-7,10-12,15,17,20,23H,8-9,13H2,1-2H3,(H2,24,25,26,27)/t15?,17-,20+/m1/s1. The van der Waals surface area contributed by atoms with E-state index in [9.17, 15) is 0 Å². The molecule has 1 unspecified atom stereocenters. The van der Waals surface area contributed by atoms with Gasteiger partial charge in [-0.25, -0.2) is 0 Å². The molecule has 3 heterocycles. The van der Waals surface area contributed by atoms with Gasteiger partial charge < -0.3 is 15.5 Å². The van der Waals surface area contributed by atoms with E-state index < -0.39 is 0 Å². The van der Waals surface area contributed by atoms with Crippen molar-refractivity contribution in [2.24, 2.45) is 5.92 Å². The summed E-state index contributed by atoms with van der Waals surface area (Å²) in [5.41, 5.74) is 4.55. The van der Waals surface area contributed by atoms with Gasteiger partial charge in [0.15, 0.2) is 5.82 Å². The molecule has 0 radical (unpaired) electrons. The molecule has 0 spiro atoms. The lowest BCUT2D eigenvalue weighted by Crippen LogP contribution is -2.39. The summed E-state index contributed by atoms with van der Waals surface area (Å²) in [5.74, 6) is 2.11. The van der Waals surface area contributed by atoms with Crippen LogP contribution in [0.15, 0.2) is 48.5 Å². The summed E-state index contributed by atoms with van der Waals surface area (Å²) < 4.78 is 0. The van der Waals surface area contributed by atoms with Crippen LogP contribution in [-0.4, -0.2) is 40.4 Å². The summed E-state index contributed by atoms with van der Waals surface area (Å²) in [6, 6.07) is 17.8. The van der Waals surface area contributed by atoms with Crippen molar-refractivity contribution in [3.8, 4) is 11.4 Å². The molecule has 1 aromatic heterocycles. The first-order chi connectivity index (χ1) is 13.7. The first-order valence-corrected chi connectivity index (χ1v) is 10.0. The van der Waals surface area contributed by atoms with Crippen molar-refractivity contribution in [2.75, 3.05) is 23.3 Å². The number of hydrogen-bond donors (Lipinski definition) is 3. The van der Waals surface area contributed by atoms with Gasteiger partial charge in [0.1, 0.15) is 0 Å². The van der Waals surface area contributed by atoms with Crippen molar-refractivity contribution in [2.45, 2.75) is 32.4 Å². The number of H-pyrrole nitrogens is 1. The van der Waals surface area contributed by atoms with Crippen LogP contribution in [0.2, 0.25) is 0 Å². The molecule has 2 fully saturated rings. The van der Waals surface area contributed by atoms with Crippen LogP contribution in [-0.2, 0) is 0 Å². The average Bonchev–Trinajstić information content (AvgIpc) is 3.40. The van der Waals surface area contributed by atoms with Gasteiger partial charge in [-0.15, -0.1) is 5.10 Å². The predicted octanol–water partition coefficient (Wildman–Crippen LogP) is 3.71. The summed E-state index contributed by atoms with van der Waals surface area (Å²) in [6.45, 7) is 6.75. The van der Waals surface area contributed by atoms with Crippen molar-refractivity contribution >= 4 is 17.3 Å². The Balaban J connectivity index is 1.37. The molecule has 2 aliphatic heterocycles. The van der Waals surface area contributed by atoms with E-state index in [-0.39, 0.29) is 0 Å². The smallest absolute Gasteiger partial charge is 0.246 e. The van der Waals surface area contributed by atoms with Crippen LogP contribution >= 0.6 is 0 Å². The number of nitrogens with zero attached hydrogens (tertiary/aromatic N) is 3. The zero-order valence-electron chi connectivity index (χ0n) is 16.3. The number of benzene rings is 2. The third kappa shape index (κ3) is 3.14. The first kappa shape index (κ1) is 17.3. The van der Waals surface area contributed by atoms with E-state index in [1.54, 1.807) is 0 Å². The quantitative estimate of drug-likeness (QED) is 0.649. The van der Waals surface area contributed by atoms with Gasteiger partial charge in [-0.2, -0.15) is 4.98 Å². The average molecular weight is 374 g/mol. The summed E-state index contributed by atoms with van der Waals surface area (Å²) in [7, 11) is 0. The largest absolute Gasteiger partial charge is 0.367 e. The molecule has 3 atom stereocenters. The molecular weight excluding hydrogens is 348 g/mol. The van der Waals surface area contributed by atoms with E-state index in [0.717, 1.165) is 36.1 Å². The van der Waals surface area contributed by atoms with Gasteiger partial charge in [-0.1, -0.05) is 30.3 Å². The second-order valence-electron chi connectivity index (χ2n) is 7.98. The van der Waals surface area contributed by atoms with E-state index in [0.29, 0.717) is 18.0 Å². The number of nitrogens with one attached hydrogen (secondary N) is 3. The Morgan fingerprint density at radius 2 is 2.00 bits per heavy atom. The van der Waals surface area contributed by atoms with Crippen molar-refractivity contribution in [1.82, 2.24) is 20.5 Å². The molecule has 0 saturated carbocycles. The normalized spacial score (nSPS) is 23.8. The summed E-state index contributed by atoms with van der Waals surface area (Å²) in [6.07, 6.45) is 1.28. The lowest BCUT2D eigenvalue weighted by Gasteiger charge is -2.27. The maximum absolute atomic E-state index is 4.59. The number of aromatic amines is 1. The van der Waals surface area contributed by atoms with Gasteiger partial charge in [0.2, 0.25) is 5.95 Å². The van der Waals surface area contributed by atoms with Gasteiger partial charge in [0.25, 0.3) is 0 Å². The topological polar surface area (TPSA) is 68.9 Å². The minimum Gasteiger partial charge on any atom is -0.367 e. The van der Waals surface area contributed by atoms with Crippen LogP contribution in [0.3, 0.4) is 0 Å². The van der Waals surface area contributed by atoms with Crippen molar-refractivity contribution in [1.29, 1.82) is 0 Å². The second kappa shape index (κ2) is 6.95. The lowest BCUT2D eigenvalue weighted by molar-refractivity contribution is 0.502. The molecule has 0 bridgehead atoms. The molecule has 28 heavy (non-hydrogen) atoms. The highest BCUT2D eigenvalue weighted by Crippen LogP contribution is 2.35. The van der Waals surface area contributed by atoms with Gasteiger partial charge in [-0.05, 0) is 56.5 Å². The zero-order chi connectivity index (χ0) is 19.1. The molecule has 6 nitrogen and oxygen atoms in total. The van der Waals surface area contributed by atoms with E-state index >= 15 is 0 Å². The Morgan fingerprint density at radius 3 is 2.82 bits per heavy atom. The number of aryl methyl sites for hydroxylation is 1. The Hall–Kier alpha value is -2.86. The van der Waals surface area contributed by atoms with Crippen molar-refractivity contribution < 1.29 is 0 Å². The maximum atomic E-state index is 4.59. The van der Waals surface area contributed by atoms with E-state index in [4.69, 9.17) is 0 Å². The molecule has 6 heteroatoms. The Labute approximate surface area is 165 Å². The van der Waals surface area contributed by atoms with Crippen LogP contribution in [0.5, 0.6) is 0 Å². The number of aromatic nitrogens is 3.